The van der Waals surface area contributed by atoms with Crippen molar-refractivity contribution >= 4 is 17.8 Å². The van der Waals surface area contributed by atoms with E-state index in [4.69, 9.17) is 0 Å². The van der Waals surface area contributed by atoms with Gasteiger partial charge in [-0.15, -0.1) is 0 Å². The van der Waals surface area contributed by atoms with Crippen LogP contribution in [-0.2, 0) is 14.4 Å². The third kappa shape index (κ3) is 1.86. The zero-order valence-electron chi connectivity index (χ0n) is 11.6. The number of carboxylic acid groups (broad SMARTS) is 1. The summed E-state index contributed by atoms with van der Waals surface area (Å²) in [6, 6.07) is 0. The fraction of sp³-hybridized carbons (Fsp3) is 0.800. The van der Waals surface area contributed by atoms with Crippen molar-refractivity contribution in [2.75, 3.05) is 0 Å². The number of piperidine rings is 1. The van der Waals surface area contributed by atoms with E-state index >= 15 is 0 Å². The number of likely N-dealkylation sites (tertiary alicyclic amines) is 1. The third-order valence-corrected chi connectivity index (χ3v) is 5.33. The number of hydrogen-bond acceptors (Lipinski definition) is 3. The normalized spacial score (nSPS) is 33.1. The molecule has 0 aromatic heterocycles. The lowest BCUT2D eigenvalue weighted by molar-refractivity contribution is -0.173. The second kappa shape index (κ2) is 4.86. The molecule has 0 aromatic carbocycles. The highest BCUT2D eigenvalue weighted by atomic mass is 16.4. The number of fused-ring (bicyclic) bond motifs is 2. The largest absolute Gasteiger partial charge is 0.479 e. The highest BCUT2D eigenvalue weighted by Crippen LogP contribution is 2.44. The summed E-state index contributed by atoms with van der Waals surface area (Å²) in [5.74, 6) is -1.71. The smallest absolute Gasteiger partial charge is 0.330 e. The highest BCUT2D eigenvalue weighted by molar-refractivity contribution is 6.05. The average Bonchev–Trinajstić information content (AvgIpc) is 2.72. The van der Waals surface area contributed by atoms with Crippen LogP contribution >= 0.6 is 0 Å². The number of carbonyl (C=O) groups is 3. The van der Waals surface area contributed by atoms with E-state index in [1.165, 1.54) is 4.90 Å². The van der Waals surface area contributed by atoms with Gasteiger partial charge in [0.25, 0.3) is 0 Å². The van der Waals surface area contributed by atoms with Crippen LogP contribution in [0.3, 0.4) is 0 Å². The van der Waals surface area contributed by atoms with E-state index in [9.17, 15) is 19.5 Å². The molecule has 0 radical (unpaired) electrons. The number of carbonyl (C=O) groups excluding carboxylic acids is 2. The molecule has 1 saturated heterocycles. The monoisotopic (exact) mass is 279 g/mol. The molecule has 0 spiro atoms. The fourth-order valence-corrected chi connectivity index (χ4v) is 4.17. The van der Waals surface area contributed by atoms with Gasteiger partial charge in [0, 0.05) is 11.8 Å². The molecule has 2 aliphatic carbocycles. The lowest BCUT2D eigenvalue weighted by atomic mass is 9.83. The Balaban J connectivity index is 1.99. The van der Waals surface area contributed by atoms with E-state index in [0.29, 0.717) is 19.3 Å². The average molecular weight is 279 g/mol. The Hall–Kier alpha value is -1.39. The van der Waals surface area contributed by atoms with E-state index in [1.807, 2.05) is 0 Å². The third-order valence-electron chi connectivity index (χ3n) is 5.33. The Bertz CT molecular complexity index is 429. The van der Waals surface area contributed by atoms with Gasteiger partial charge in [0.05, 0.1) is 0 Å². The molecule has 1 aliphatic heterocycles. The van der Waals surface area contributed by atoms with Crippen molar-refractivity contribution in [3.63, 3.8) is 0 Å². The van der Waals surface area contributed by atoms with Crippen molar-refractivity contribution in [1.29, 1.82) is 0 Å². The van der Waals surface area contributed by atoms with Crippen molar-refractivity contribution < 1.29 is 19.5 Å². The SMILES string of the molecule is O=C1C2CCC(C2)C(=O)N1C1(C(=O)O)CCCCCC1. The molecule has 2 atom stereocenters. The first-order chi connectivity index (χ1) is 9.56. The van der Waals surface area contributed by atoms with E-state index in [-0.39, 0.29) is 23.7 Å². The van der Waals surface area contributed by atoms with Gasteiger partial charge in [-0.05, 0) is 32.1 Å². The molecule has 110 valence electrons. The van der Waals surface area contributed by atoms with Crippen LogP contribution in [0.1, 0.15) is 57.8 Å². The fourth-order valence-electron chi connectivity index (χ4n) is 4.17. The number of hydrogen-bond donors (Lipinski definition) is 1. The van der Waals surface area contributed by atoms with Crippen molar-refractivity contribution in [3.05, 3.63) is 0 Å². The number of amides is 2. The van der Waals surface area contributed by atoms with E-state index in [2.05, 4.69) is 0 Å². The summed E-state index contributed by atoms with van der Waals surface area (Å²) in [4.78, 5) is 38.2. The Labute approximate surface area is 118 Å². The van der Waals surface area contributed by atoms with E-state index in [0.717, 1.165) is 38.5 Å². The maximum atomic E-state index is 12.6. The number of imide groups is 1. The summed E-state index contributed by atoms with van der Waals surface area (Å²) < 4.78 is 0. The number of rotatable bonds is 2. The topological polar surface area (TPSA) is 74.7 Å². The molecule has 3 aliphatic rings. The molecule has 0 aromatic rings. The summed E-state index contributed by atoms with van der Waals surface area (Å²) in [5.41, 5.74) is -1.27. The Morgan fingerprint density at radius 2 is 1.50 bits per heavy atom. The Morgan fingerprint density at radius 1 is 1.00 bits per heavy atom. The second-order valence-corrected chi connectivity index (χ2v) is 6.47. The molecule has 1 heterocycles. The molecule has 1 N–H and O–H groups in total. The molecule has 5 heteroatoms. The van der Waals surface area contributed by atoms with Crippen LogP contribution in [0.5, 0.6) is 0 Å². The highest BCUT2D eigenvalue weighted by Gasteiger charge is 2.56. The van der Waals surface area contributed by atoms with Gasteiger partial charge in [0.1, 0.15) is 5.54 Å². The van der Waals surface area contributed by atoms with Crippen LogP contribution in [0.2, 0.25) is 0 Å². The first kappa shape index (κ1) is 13.6. The molecule has 5 nitrogen and oxygen atoms in total. The lowest BCUT2D eigenvalue weighted by Crippen LogP contribution is -2.62. The van der Waals surface area contributed by atoms with Gasteiger partial charge in [-0.2, -0.15) is 0 Å². The van der Waals surface area contributed by atoms with Crippen LogP contribution < -0.4 is 0 Å². The minimum Gasteiger partial charge on any atom is -0.479 e. The zero-order chi connectivity index (χ0) is 14.3. The molecule has 2 amide bonds. The Morgan fingerprint density at radius 3 is 1.95 bits per heavy atom. The molecule has 3 fully saturated rings. The van der Waals surface area contributed by atoms with Gasteiger partial charge in [0.15, 0.2) is 0 Å². The van der Waals surface area contributed by atoms with Gasteiger partial charge in [-0.1, -0.05) is 25.7 Å². The molecule has 20 heavy (non-hydrogen) atoms. The van der Waals surface area contributed by atoms with E-state index < -0.39 is 11.5 Å². The van der Waals surface area contributed by atoms with Crippen molar-refractivity contribution in [2.45, 2.75) is 63.3 Å². The van der Waals surface area contributed by atoms with Crippen molar-refractivity contribution in [2.24, 2.45) is 11.8 Å². The first-order valence-corrected chi connectivity index (χ1v) is 7.67. The van der Waals surface area contributed by atoms with Gasteiger partial charge < -0.3 is 5.11 Å². The second-order valence-electron chi connectivity index (χ2n) is 6.47. The van der Waals surface area contributed by atoms with Crippen LogP contribution in [0.25, 0.3) is 0 Å². The van der Waals surface area contributed by atoms with Gasteiger partial charge in [-0.25, -0.2) is 4.79 Å². The van der Waals surface area contributed by atoms with Crippen LogP contribution in [-0.4, -0.2) is 33.3 Å². The summed E-state index contributed by atoms with van der Waals surface area (Å²) in [6.45, 7) is 0. The van der Waals surface area contributed by atoms with Crippen LogP contribution in [0, 0.1) is 11.8 Å². The number of nitrogens with zero attached hydrogens (tertiary/aromatic N) is 1. The maximum absolute atomic E-state index is 12.6. The van der Waals surface area contributed by atoms with Gasteiger partial charge >= 0.3 is 5.97 Å². The number of carboxylic acids is 1. The summed E-state index contributed by atoms with van der Waals surface area (Å²) >= 11 is 0. The molecular formula is C15H21NO4. The molecular weight excluding hydrogens is 258 g/mol. The van der Waals surface area contributed by atoms with Gasteiger partial charge in [-0.3, -0.25) is 14.5 Å². The van der Waals surface area contributed by atoms with Crippen LogP contribution in [0.4, 0.5) is 0 Å². The van der Waals surface area contributed by atoms with Crippen molar-refractivity contribution in [1.82, 2.24) is 4.90 Å². The summed E-state index contributed by atoms with van der Waals surface area (Å²) in [5, 5.41) is 9.75. The first-order valence-electron chi connectivity index (χ1n) is 7.67. The van der Waals surface area contributed by atoms with E-state index in [1.54, 1.807) is 0 Å². The maximum Gasteiger partial charge on any atom is 0.330 e. The summed E-state index contributed by atoms with van der Waals surface area (Å²) in [6.07, 6.45) is 6.46. The quantitative estimate of drug-likeness (QED) is 0.619. The summed E-state index contributed by atoms with van der Waals surface area (Å²) in [7, 11) is 0. The molecule has 2 bridgehead atoms. The molecule has 3 rings (SSSR count). The minimum absolute atomic E-state index is 0.128. The zero-order valence-corrected chi connectivity index (χ0v) is 11.6. The molecule has 2 unspecified atom stereocenters. The molecule has 2 saturated carbocycles. The lowest BCUT2D eigenvalue weighted by Gasteiger charge is -2.42. The van der Waals surface area contributed by atoms with Gasteiger partial charge in [0.2, 0.25) is 11.8 Å². The standard InChI is InChI=1S/C15H21NO4/c17-12-10-5-6-11(9-10)13(18)16(12)15(14(19)20)7-3-1-2-4-8-15/h10-11H,1-9H2,(H,19,20). The van der Waals surface area contributed by atoms with Crippen molar-refractivity contribution in [3.8, 4) is 0 Å². The predicted octanol–water partition coefficient (Wildman–Crippen LogP) is 1.95. The predicted molar refractivity (Wildman–Crippen MR) is 70.8 cm³/mol. The minimum atomic E-state index is -1.27. The Kier molecular flexibility index (Phi) is 3.30. The number of aliphatic carboxylic acids is 1. The van der Waals surface area contributed by atoms with Crippen LogP contribution in [0.15, 0.2) is 0 Å².